The molecule has 0 unspecified atom stereocenters. The summed E-state index contributed by atoms with van der Waals surface area (Å²) in [6, 6.07) is 18.6. The molecule has 3 nitrogen and oxygen atoms in total. The molecule has 0 saturated heterocycles. The highest BCUT2D eigenvalue weighted by Gasteiger charge is 2.06. The topological polar surface area (TPSA) is 30.2 Å². The molecule has 0 aliphatic carbocycles. The van der Waals surface area contributed by atoms with Crippen LogP contribution in [0.4, 0.5) is 0 Å². The smallest absolute Gasteiger partial charge is 0.182 e. The summed E-state index contributed by atoms with van der Waals surface area (Å²) in [5.74, 6) is 0.764. The van der Waals surface area contributed by atoms with E-state index in [0.717, 1.165) is 17.0 Å². The summed E-state index contributed by atoms with van der Waals surface area (Å²) in [7, 11) is 0. The van der Waals surface area contributed by atoms with E-state index in [9.17, 15) is 0 Å². The number of aromatic nitrogens is 3. The first-order valence-electron chi connectivity index (χ1n) is 6.62. The Balaban J connectivity index is 1.93. The summed E-state index contributed by atoms with van der Waals surface area (Å²) in [4.78, 5) is 4.61. The Labute approximate surface area is 116 Å². The van der Waals surface area contributed by atoms with Gasteiger partial charge in [-0.1, -0.05) is 54.1 Å². The van der Waals surface area contributed by atoms with Crippen molar-refractivity contribution in [1.29, 1.82) is 0 Å². The highest BCUT2D eigenvalue weighted by atomic mass is 15.3. The third-order valence-corrected chi connectivity index (χ3v) is 3.51. The van der Waals surface area contributed by atoms with Crippen molar-refractivity contribution in [2.24, 2.45) is 0 Å². The van der Waals surface area contributed by atoms with Crippen molar-refractivity contribution < 1.29 is 0 Å². The van der Waals surface area contributed by atoms with Gasteiger partial charge in [0.05, 0.1) is 0 Å². The number of nitrogens with zero attached hydrogens (tertiary/aromatic N) is 3. The molecule has 0 amide bonds. The maximum absolute atomic E-state index is 4.61. The number of hydrogen-bond acceptors (Lipinski definition) is 2. The predicted molar refractivity (Wildman–Crippen MR) is 80.7 cm³/mol. The molecule has 0 aliphatic heterocycles. The van der Waals surface area contributed by atoms with Crippen LogP contribution in [0.2, 0.25) is 0 Å². The van der Waals surface area contributed by atoms with Crippen molar-refractivity contribution in [1.82, 2.24) is 14.6 Å². The minimum Gasteiger partial charge on any atom is -0.220 e. The number of aryl methyl sites for hydroxylation is 1. The van der Waals surface area contributed by atoms with E-state index in [1.165, 1.54) is 16.3 Å². The molecule has 0 saturated carbocycles. The lowest BCUT2D eigenvalue weighted by atomic mass is 10.1. The van der Waals surface area contributed by atoms with Gasteiger partial charge in [0.2, 0.25) is 0 Å². The molecular formula is C17H13N3. The molecule has 0 aliphatic rings. The van der Waals surface area contributed by atoms with Crippen LogP contribution in [-0.4, -0.2) is 14.6 Å². The van der Waals surface area contributed by atoms with Gasteiger partial charge in [-0.15, -0.1) is 5.10 Å². The molecule has 20 heavy (non-hydrogen) atoms. The van der Waals surface area contributed by atoms with E-state index >= 15 is 0 Å². The second-order valence-corrected chi connectivity index (χ2v) is 5.01. The SMILES string of the molecule is Cc1ccc(-c2nc3cc4ccccc4cn3n2)cc1. The molecule has 96 valence electrons. The fourth-order valence-electron chi connectivity index (χ4n) is 2.38. The summed E-state index contributed by atoms with van der Waals surface area (Å²) in [6.07, 6.45) is 2.02. The maximum atomic E-state index is 4.61. The van der Waals surface area contributed by atoms with Gasteiger partial charge in [0.15, 0.2) is 11.5 Å². The van der Waals surface area contributed by atoms with E-state index in [2.05, 4.69) is 59.5 Å². The normalized spacial score (nSPS) is 11.2. The largest absolute Gasteiger partial charge is 0.220 e. The molecule has 2 heterocycles. The van der Waals surface area contributed by atoms with E-state index in [1.807, 2.05) is 22.8 Å². The second kappa shape index (κ2) is 4.17. The quantitative estimate of drug-likeness (QED) is 0.519. The molecule has 0 fully saturated rings. The molecule has 0 bridgehead atoms. The van der Waals surface area contributed by atoms with Crippen LogP contribution in [0.3, 0.4) is 0 Å². The summed E-state index contributed by atoms with van der Waals surface area (Å²) in [5, 5.41) is 6.92. The average molecular weight is 259 g/mol. The van der Waals surface area contributed by atoms with Gasteiger partial charge in [0, 0.05) is 17.1 Å². The number of hydrogen-bond donors (Lipinski definition) is 0. The Morgan fingerprint density at radius 2 is 1.65 bits per heavy atom. The summed E-state index contributed by atoms with van der Waals surface area (Å²) >= 11 is 0. The molecule has 0 spiro atoms. The van der Waals surface area contributed by atoms with Crippen molar-refractivity contribution in [3.8, 4) is 11.4 Å². The van der Waals surface area contributed by atoms with Crippen LogP contribution in [-0.2, 0) is 0 Å². The molecule has 2 aromatic carbocycles. The van der Waals surface area contributed by atoms with Crippen LogP contribution in [0.25, 0.3) is 27.8 Å². The predicted octanol–water partition coefficient (Wildman–Crippen LogP) is 3.86. The van der Waals surface area contributed by atoms with Gasteiger partial charge in [-0.25, -0.2) is 9.50 Å². The van der Waals surface area contributed by atoms with Crippen LogP contribution in [0, 0.1) is 6.92 Å². The van der Waals surface area contributed by atoms with Crippen LogP contribution >= 0.6 is 0 Å². The van der Waals surface area contributed by atoms with Gasteiger partial charge in [-0.3, -0.25) is 0 Å². The zero-order valence-electron chi connectivity index (χ0n) is 11.1. The number of fused-ring (bicyclic) bond motifs is 2. The minimum absolute atomic E-state index is 0.764. The minimum atomic E-state index is 0.764. The van der Waals surface area contributed by atoms with Gasteiger partial charge in [-0.2, -0.15) is 0 Å². The Bertz CT molecular complexity index is 852. The van der Waals surface area contributed by atoms with Crippen LogP contribution in [0.15, 0.2) is 60.8 Å². The number of rotatable bonds is 1. The molecule has 2 aromatic heterocycles. The van der Waals surface area contributed by atoms with Gasteiger partial charge >= 0.3 is 0 Å². The number of pyridine rings is 1. The second-order valence-electron chi connectivity index (χ2n) is 5.01. The average Bonchev–Trinajstić information content (AvgIpc) is 2.88. The highest BCUT2D eigenvalue weighted by molar-refractivity contribution is 5.84. The first kappa shape index (κ1) is 11.2. The van der Waals surface area contributed by atoms with E-state index in [4.69, 9.17) is 0 Å². The van der Waals surface area contributed by atoms with Crippen molar-refractivity contribution in [3.63, 3.8) is 0 Å². The van der Waals surface area contributed by atoms with Gasteiger partial charge in [-0.05, 0) is 18.4 Å². The molecule has 3 heteroatoms. The first-order chi connectivity index (χ1) is 9.79. The Hall–Kier alpha value is -2.68. The lowest BCUT2D eigenvalue weighted by molar-refractivity contribution is 0.974. The van der Waals surface area contributed by atoms with E-state index in [1.54, 1.807) is 0 Å². The lowest BCUT2D eigenvalue weighted by Gasteiger charge is -1.97. The zero-order valence-corrected chi connectivity index (χ0v) is 11.1. The molecule has 0 radical (unpaired) electrons. The van der Waals surface area contributed by atoms with Crippen LogP contribution in [0.5, 0.6) is 0 Å². The van der Waals surface area contributed by atoms with Crippen molar-refractivity contribution >= 4 is 16.4 Å². The fraction of sp³-hybridized carbons (Fsp3) is 0.0588. The lowest BCUT2D eigenvalue weighted by Crippen LogP contribution is -1.87. The number of benzene rings is 2. The Morgan fingerprint density at radius 3 is 2.45 bits per heavy atom. The van der Waals surface area contributed by atoms with E-state index < -0.39 is 0 Å². The van der Waals surface area contributed by atoms with Gasteiger partial charge in [0.1, 0.15) is 0 Å². The van der Waals surface area contributed by atoms with Crippen LogP contribution < -0.4 is 0 Å². The monoisotopic (exact) mass is 259 g/mol. The molecule has 4 rings (SSSR count). The highest BCUT2D eigenvalue weighted by Crippen LogP contribution is 2.20. The Morgan fingerprint density at radius 1 is 0.900 bits per heavy atom. The van der Waals surface area contributed by atoms with E-state index in [-0.39, 0.29) is 0 Å². The molecule has 4 aromatic rings. The van der Waals surface area contributed by atoms with Crippen molar-refractivity contribution in [3.05, 3.63) is 66.4 Å². The summed E-state index contributed by atoms with van der Waals surface area (Å²) < 4.78 is 1.84. The third kappa shape index (κ3) is 1.75. The molecule has 0 atom stereocenters. The third-order valence-electron chi connectivity index (χ3n) is 3.51. The maximum Gasteiger partial charge on any atom is 0.182 e. The van der Waals surface area contributed by atoms with E-state index in [0.29, 0.717) is 0 Å². The van der Waals surface area contributed by atoms with Gasteiger partial charge in [0.25, 0.3) is 0 Å². The fourth-order valence-corrected chi connectivity index (χ4v) is 2.38. The van der Waals surface area contributed by atoms with Crippen molar-refractivity contribution in [2.45, 2.75) is 6.92 Å². The standard InChI is InChI=1S/C17H13N3/c1-12-6-8-13(9-7-12)17-18-16-10-14-4-2-3-5-15(14)11-20(16)19-17/h2-11H,1H3. The molecule has 0 N–H and O–H groups in total. The molecular weight excluding hydrogens is 246 g/mol. The zero-order chi connectivity index (χ0) is 13.5. The summed E-state index contributed by atoms with van der Waals surface area (Å²) in [6.45, 7) is 2.08. The van der Waals surface area contributed by atoms with Gasteiger partial charge < -0.3 is 0 Å². The Kier molecular flexibility index (Phi) is 2.33. The van der Waals surface area contributed by atoms with Crippen LogP contribution in [0.1, 0.15) is 5.56 Å². The first-order valence-corrected chi connectivity index (χ1v) is 6.62. The van der Waals surface area contributed by atoms with Crippen molar-refractivity contribution in [2.75, 3.05) is 0 Å². The summed E-state index contributed by atoms with van der Waals surface area (Å²) in [5.41, 5.74) is 3.16.